The molecule has 0 fully saturated rings. The maximum Gasteiger partial charge on any atom is 0.410 e. The predicted octanol–water partition coefficient (Wildman–Crippen LogP) is 5.31. The van der Waals surface area contributed by atoms with Gasteiger partial charge >= 0.3 is 6.09 Å². The number of aromatic amines is 1. The molecule has 1 N–H and O–H groups in total. The summed E-state index contributed by atoms with van der Waals surface area (Å²) in [6.45, 7) is 2.40. The van der Waals surface area contributed by atoms with Crippen molar-refractivity contribution in [3.8, 4) is 0 Å². The van der Waals surface area contributed by atoms with Gasteiger partial charge in [-0.1, -0.05) is 22.0 Å². The fourth-order valence-corrected chi connectivity index (χ4v) is 4.05. The van der Waals surface area contributed by atoms with E-state index in [1.54, 1.807) is 11.8 Å². The molecule has 3 aromatic rings. The van der Waals surface area contributed by atoms with Gasteiger partial charge in [0.15, 0.2) is 11.6 Å². The number of benzene rings is 2. The number of aromatic nitrogens is 1. The predicted molar refractivity (Wildman–Crippen MR) is 102 cm³/mol. The topological polar surface area (TPSA) is 45.3 Å². The molecule has 4 rings (SSSR count). The van der Waals surface area contributed by atoms with E-state index in [1.807, 2.05) is 18.2 Å². The molecule has 0 bridgehead atoms. The van der Waals surface area contributed by atoms with Gasteiger partial charge in [-0.3, -0.25) is 4.90 Å². The van der Waals surface area contributed by atoms with E-state index in [9.17, 15) is 13.6 Å². The first-order valence-electron chi connectivity index (χ1n) is 8.68. The number of carbonyl (C=O) groups is 1. The van der Waals surface area contributed by atoms with Crippen LogP contribution in [0.25, 0.3) is 10.9 Å². The fourth-order valence-electron chi connectivity index (χ4n) is 3.69. The zero-order valence-corrected chi connectivity index (χ0v) is 16.1. The smallest absolute Gasteiger partial charge is 0.410 e. The van der Waals surface area contributed by atoms with E-state index >= 15 is 0 Å². The minimum absolute atomic E-state index is 0.242. The lowest BCUT2D eigenvalue weighted by Crippen LogP contribution is -2.41. The van der Waals surface area contributed by atoms with Gasteiger partial charge in [0.05, 0.1) is 6.61 Å². The standard InChI is InChI=1S/C20H17BrF2N2O2/c1-2-27-20(26)25-8-7-13-14-10-12(21)4-6-17(14)24-18(13)19(25)11-3-5-15(22)16(23)9-11/h3-6,9-10,19,24H,2,7-8H2,1H3. The molecule has 1 unspecified atom stereocenters. The van der Waals surface area contributed by atoms with E-state index in [0.717, 1.165) is 38.8 Å². The highest BCUT2D eigenvalue weighted by Crippen LogP contribution is 2.39. The van der Waals surface area contributed by atoms with Crippen molar-refractivity contribution in [1.82, 2.24) is 9.88 Å². The quantitative estimate of drug-likeness (QED) is 0.593. The van der Waals surface area contributed by atoms with E-state index in [1.165, 1.54) is 6.07 Å². The maximum absolute atomic E-state index is 13.9. The lowest BCUT2D eigenvalue weighted by molar-refractivity contribution is 0.0931. The van der Waals surface area contributed by atoms with E-state index in [4.69, 9.17) is 4.74 Å². The van der Waals surface area contributed by atoms with Crippen LogP contribution in [-0.4, -0.2) is 29.1 Å². The molecule has 140 valence electrons. The molecule has 0 saturated heterocycles. The molecule has 0 radical (unpaired) electrons. The summed E-state index contributed by atoms with van der Waals surface area (Å²) in [5, 5.41) is 1.05. The number of carbonyl (C=O) groups excluding carboxylic acids is 1. The Bertz CT molecular complexity index is 1030. The average Bonchev–Trinajstić information content (AvgIpc) is 3.01. The first kappa shape index (κ1) is 18.0. The van der Waals surface area contributed by atoms with Gasteiger partial charge in [-0.25, -0.2) is 13.6 Å². The molecular formula is C20H17BrF2N2O2. The second-order valence-electron chi connectivity index (χ2n) is 6.43. The third kappa shape index (κ3) is 3.10. The molecule has 1 amide bonds. The van der Waals surface area contributed by atoms with Crippen molar-refractivity contribution in [2.45, 2.75) is 19.4 Å². The van der Waals surface area contributed by atoms with Crippen LogP contribution in [0, 0.1) is 11.6 Å². The van der Waals surface area contributed by atoms with E-state index < -0.39 is 23.8 Å². The summed E-state index contributed by atoms with van der Waals surface area (Å²) in [4.78, 5) is 17.5. The molecule has 2 aromatic carbocycles. The van der Waals surface area contributed by atoms with Gasteiger partial charge in [0.2, 0.25) is 0 Å². The average molecular weight is 435 g/mol. The van der Waals surface area contributed by atoms with Crippen molar-refractivity contribution >= 4 is 32.9 Å². The largest absolute Gasteiger partial charge is 0.450 e. The Labute approximate surface area is 163 Å². The van der Waals surface area contributed by atoms with E-state index in [-0.39, 0.29) is 6.61 Å². The SMILES string of the molecule is CCOC(=O)N1CCc2c([nH]c3ccc(Br)cc23)C1c1ccc(F)c(F)c1. The highest BCUT2D eigenvalue weighted by atomic mass is 79.9. The normalized spacial score (nSPS) is 16.4. The van der Waals surface area contributed by atoms with Crippen LogP contribution in [0.4, 0.5) is 13.6 Å². The van der Waals surface area contributed by atoms with Gasteiger partial charge in [-0.05, 0) is 54.8 Å². The van der Waals surface area contributed by atoms with Crippen LogP contribution in [0.2, 0.25) is 0 Å². The summed E-state index contributed by atoms with van der Waals surface area (Å²) in [6.07, 6.45) is 0.169. The number of ether oxygens (including phenoxy) is 1. The molecule has 0 aliphatic carbocycles. The van der Waals surface area contributed by atoms with Gasteiger partial charge in [-0.15, -0.1) is 0 Å². The molecular weight excluding hydrogens is 418 g/mol. The van der Waals surface area contributed by atoms with Crippen LogP contribution in [-0.2, 0) is 11.2 Å². The number of amides is 1. The number of nitrogens with one attached hydrogen (secondary N) is 1. The van der Waals surface area contributed by atoms with Crippen LogP contribution in [0.5, 0.6) is 0 Å². The molecule has 27 heavy (non-hydrogen) atoms. The van der Waals surface area contributed by atoms with Crippen molar-refractivity contribution < 1.29 is 18.3 Å². The second kappa shape index (κ2) is 6.96. The van der Waals surface area contributed by atoms with E-state index in [0.29, 0.717) is 18.5 Å². The first-order chi connectivity index (χ1) is 13.0. The van der Waals surface area contributed by atoms with Gasteiger partial charge in [0.1, 0.15) is 6.04 Å². The molecule has 4 nitrogen and oxygen atoms in total. The van der Waals surface area contributed by atoms with Crippen LogP contribution in [0.3, 0.4) is 0 Å². The van der Waals surface area contributed by atoms with Crippen molar-refractivity contribution in [2.75, 3.05) is 13.2 Å². The minimum Gasteiger partial charge on any atom is -0.450 e. The van der Waals surface area contributed by atoms with Gasteiger partial charge in [0.25, 0.3) is 0 Å². The summed E-state index contributed by atoms with van der Waals surface area (Å²) in [7, 11) is 0. The Morgan fingerprint density at radius 1 is 1.26 bits per heavy atom. The highest BCUT2D eigenvalue weighted by molar-refractivity contribution is 9.10. The first-order valence-corrected chi connectivity index (χ1v) is 9.47. The summed E-state index contributed by atoms with van der Waals surface area (Å²) in [5.41, 5.74) is 3.30. The Balaban J connectivity index is 1.90. The number of nitrogens with zero attached hydrogens (tertiary/aromatic N) is 1. The number of hydrogen-bond donors (Lipinski definition) is 1. The lowest BCUT2D eigenvalue weighted by Gasteiger charge is -2.35. The monoisotopic (exact) mass is 434 g/mol. The molecule has 0 spiro atoms. The third-order valence-corrected chi connectivity index (χ3v) is 5.34. The molecule has 7 heteroatoms. The number of rotatable bonds is 2. The van der Waals surface area contributed by atoms with Crippen LogP contribution in [0.1, 0.15) is 29.8 Å². The summed E-state index contributed by atoms with van der Waals surface area (Å²) >= 11 is 3.49. The number of H-pyrrole nitrogens is 1. The summed E-state index contributed by atoms with van der Waals surface area (Å²) in [5.74, 6) is -1.86. The van der Waals surface area contributed by atoms with E-state index in [2.05, 4.69) is 20.9 Å². The van der Waals surface area contributed by atoms with Crippen LogP contribution < -0.4 is 0 Å². The van der Waals surface area contributed by atoms with Crippen LogP contribution >= 0.6 is 15.9 Å². The number of fused-ring (bicyclic) bond motifs is 3. The van der Waals surface area contributed by atoms with Crippen molar-refractivity contribution in [1.29, 1.82) is 0 Å². The molecule has 1 aliphatic rings. The fraction of sp³-hybridized carbons (Fsp3) is 0.250. The van der Waals surface area contributed by atoms with Crippen molar-refractivity contribution in [2.24, 2.45) is 0 Å². The third-order valence-electron chi connectivity index (χ3n) is 4.85. The molecule has 2 heterocycles. The Morgan fingerprint density at radius 2 is 2.07 bits per heavy atom. The van der Waals surface area contributed by atoms with Crippen molar-refractivity contribution in [3.05, 3.63) is 69.3 Å². The maximum atomic E-state index is 13.9. The minimum atomic E-state index is -0.942. The highest BCUT2D eigenvalue weighted by Gasteiger charge is 2.35. The Kier molecular flexibility index (Phi) is 4.63. The van der Waals surface area contributed by atoms with Gasteiger partial charge < -0.3 is 9.72 Å². The molecule has 0 saturated carbocycles. The van der Waals surface area contributed by atoms with Crippen LogP contribution in [0.15, 0.2) is 40.9 Å². The lowest BCUT2D eigenvalue weighted by atomic mass is 9.92. The zero-order valence-electron chi connectivity index (χ0n) is 14.6. The second-order valence-corrected chi connectivity index (χ2v) is 7.34. The van der Waals surface area contributed by atoms with Crippen molar-refractivity contribution in [3.63, 3.8) is 0 Å². The van der Waals surface area contributed by atoms with Gasteiger partial charge in [-0.2, -0.15) is 0 Å². The molecule has 1 atom stereocenters. The zero-order chi connectivity index (χ0) is 19.1. The summed E-state index contributed by atoms with van der Waals surface area (Å²) < 4.78 is 33.5. The van der Waals surface area contributed by atoms with Gasteiger partial charge in [0, 0.05) is 27.6 Å². The molecule has 1 aromatic heterocycles. The number of halogens is 3. The summed E-state index contributed by atoms with van der Waals surface area (Å²) in [6, 6.07) is 9.06. The number of hydrogen-bond acceptors (Lipinski definition) is 2. The Hall–Kier alpha value is -2.41. The molecule has 1 aliphatic heterocycles. The Morgan fingerprint density at radius 3 is 2.81 bits per heavy atom.